The SMILES string of the molecule is CCOC(=O)C1(N)CC2(CCOCC2)C1. The van der Waals surface area contributed by atoms with Crippen molar-refractivity contribution >= 4 is 5.97 Å². The van der Waals surface area contributed by atoms with Gasteiger partial charge < -0.3 is 15.2 Å². The molecule has 1 spiro atoms. The van der Waals surface area contributed by atoms with E-state index < -0.39 is 5.54 Å². The second-order valence-corrected chi connectivity index (χ2v) is 4.84. The summed E-state index contributed by atoms with van der Waals surface area (Å²) in [5.74, 6) is -0.234. The maximum absolute atomic E-state index is 11.6. The van der Waals surface area contributed by atoms with E-state index in [0.717, 1.165) is 38.9 Å². The van der Waals surface area contributed by atoms with Gasteiger partial charge in [-0.1, -0.05) is 0 Å². The molecule has 1 saturated carbocycles. The lowest BCUT2D eigenvalue weighted by molar-refractivity contribution is -0.164. The lowest BCUT2D eigenvalue weighted by Gasteiger charge is -2.54. The van der Waals surface area contributed by atoms with E-state index in [9.17, 15) is 4.79 Å². The van der Waals surface area contributed by atoms with Crippen LogP contribution in [-0.4, -0.2) is 31.3 Å². The molecule has 1 heterocycles. The maximum Gasteiger partial charge on any atom is 0.326 e. The highest BCUT2D eigenvalue weighted by Crippen LogP contribution is 2.53. The molecule has 15 heavy (non-hydrogen) atoms. The maximum atomic E-state index is 11.6. The highest BCUT2D eigenvalue weighted by Gasteiger charge is 2.57. The smallest absolute Gasteiger partial charge is 0.326 e. The zero-order valence-corrected chi connectivity index (χ0v) is 9.25. The van der Waals surface area contributed by atoms with Crippen LogP contribution >= 0.6 is 0 Å². The van der Waals surface area contributed by atoms with Gasteiger partial charge in [-0.3, -0.25) is 4.79 Å². The van der Waals surface area contributed by atoms with Crippen molar-refractivity contribution in [3.05, 3.63) is 0 Å². The largest absolute Gasteiger partial charge is 0.465 e. The summed E-state index contributed by atoms with van der Waals surface area (Å²) in [4.78, 5) is 11.6. The molecule has 2 aliphatic rings. The van der Waals surface area contributed by atoms with E-state index in [0.29, 0.717) is 6.61 Å². The third-order valence-electron chi connectivity index (χ3n) is 3.62. The lowest BCUT2D eigenvalue weighted by atomic mass is 9.54. The van der Waals surface area contributed by atoms with Crippen molar-refractivity contribution in [2.45, 2.75) is 38.1 Å². The number of rotatable bonds is 2. The average Bonchev–Trinajstić information content (AvgIpc) is 2.17. The fraction of sp³-hybridized carbons (Fsp3) is 0.909. The van der Waals surface area contributed by atoms with Crippen molar-refractivity contribution < 1.29 is 14.3 Å². The Morgan fingerprint density at radius 3 is 2.53 bits per heavy atom. The monoisotopic (exact) mass is 213 g/mol. The molecule has 0 aromatic carbocycles. The molecular weight excluding hydrogens is 194 g/mol. The molecule has 86 valence electrons. The molecule has 0 bridgehead atoms. The van der Waals surface area contributed by atoms with Crippen molar-refractivity contribution in [2.24, 2.45) is 11.1 Å². The van der Waals surface area contributed by atoms with Gasteiger partial charge in [-0.15, -0.1) is 0 Å². The summed E-state index contributed by atoms with van der Waals surface area (Å²) in [5, 5.41) is 0. The van der Waals surface area contributed by atoms with E-state index in [4.69, 9.17) is 15.2 Å². The fourth-order valence-electron chi connectivity index (χ4n) is 2.86. The van der Waals surface area contributed by atoms with Gasteiger partial charge in [-0.25, -0.2) is 0 Å². The Bertz CT molecular complexity index is 251. The van der Waals surface area contributed by atoms with Crippen LogP contribution in [-0.2, 0) is 14.3 Å². The summed E-state index contributed by atoms with van der Waals surface area (Å²) < 4.78 is 10.3. The Labute approximate surface area is 90.1 Å². The first-order valence-electron chi connectivity index (χ1n) is 5.64. The summed E-state index contributed by atoms with van der Waals surface area (Å²) in [7, 11) is 0. The minimum atomic E-state index is -0.715. The number of carbonyl (C=O) groups excluding carboxylic acids is 1. The molecule has 0 unspecified atom stereocenters. The minimum absolute atomic E-state index is 0.234. The predicted molar refractivity (Wildman–Crippen MR) is 55.3 cm³/mol. The average molecular weight is 213 g/mol. The second kappa shape index (κ2) is 3.76. The van der Waals surface area contributed by atoms with Crippen LogP contribution in [0.25, 0.3) is 0 Å². The van der Waals surface area contributed by atoms with Gasteiger partial charge in [0.25, 0.3) is 0 Å². The molecule has 2 N–H and O–H groups in total. The minimum Gasteiger partial charge on any atom is -0.465 e. The summed E-state index contributed by atoms with van der Waals surface area (Å²) in [5.41, 5.74) is 5.57. The molecule has 4 heteroatoms. The lowest BCUT2D eigenvalue weighted by Crippen LogP contribution is -2.64. The molecule has 4 nitrogen and oxygen atoms in total. The molecule has 2 fully saturated rings. The molecule has 0 aromatic heterocycles. The highest BCUT2D eigenvalue weighted by molar-refractivity contribution is 5.82. The number of carbonyl (C=O) groups is 1. The van der Waals surface area contributed by atoms with E-state index >= 15 is 0 Å². The van der Waals surface area contributed by atoms with Gasteiger partial charge >= 0.3 is 5.97 Å². The van der Waals surface area contributed by atoms with Crippen molar-refractivity contribution in [2.75, 3.05) is 19.8 Å². The summed E-state index contributed by atoms with van der Waals surface area (Å²) in [6, 6.07) is 0. The van der Waals surface area contributed by atoms with Crippen LogP contribution in [0.4, 0.5) is 0 Å². The van der Waals surface area contributed by atoms with Crippen LogP contribution in [0.5, 0.6) is 0 Å². The molecule has 1 saturated heterocycles. The summed E-state index contributed by atoms with van der Waals surface area (Å²) in [6.45, 7) is 3.83. The second-order valence-electron chi connectivity index (χ2n) is 4.84. The molecular formula is C11H19NO3. The molecule has 0 amide bonds. The van der Waals surface area contributed by atoms with Gasteiger partial charge in [0.1, 0.15) is 5.54 Å². The Kier molecular flexibility index (Phi) is 2.73. The highest BCUT2D eigenvalue weighted by atomic mass is 16.5. The van der Waals surface area contributed by atoms with E-state index in [1.54, 1.807) is 0 Å². The van der Waals surface area contributed by atoms with Crippen LogP contribution in [0.1, 0.15) is 32.6 Å². The molecule has 0 radical (unpaired) electrons. The zero-order chi connectivity index (χ0) is 10.9. The van der Waals surface area contributed by atoms with E-state index in [-0.39, 0.29) is 11.4 Å². The first kappa shape index (κ1) is 10.9. The number of nitrogens with two attached hydrogens (primary N) is 1. The van der Waals surface area contributed by atoms with Crippen LogP contribution in [0.2, 0.25) is 0 Å². The zero-order valence-electron chi connectivity index (χ0n) is 9.25. The molecule has 1 aliphatic heterocycles. The van der Waals surface area contributed by atoms with Crippen molar-refractivity contribution in [3.63, 3.8) is 0 Å². The van der Waals surface area contributed by atoms with Gasteiger partial charge in [0, 0.05) is 13.2 Å². The Balaban J connectivity index is 1.92. The van der Waals surface area contributed by atoms with Crippen LogP contribution in [0, 0.1) is 5.41 Å². The predicted octanol–water partition coefficient (Wildman–Crippen LogP) is 0.838. The number of esters is 1. The third kappa shape index (κ3) is 1.88. The molecule has 2 rings (SSSR count). The van der Waals surface area contributed by atoms with E-state index in [1.807, 2.05) is 6.92 Å². The van der Waals surface area contributed by atoms with E-state index in [2.05, 4.69) is 0 Å². The van der Waals surface area contributed by atoms with Gasteiger partial charge in [-0.2, -0.15) is 0 Å². The van der Waals surface area contributed by atoms with Gasteiger partial charge in [0.15, 0.2) is 0 Å². The first-order valence-corrected chi connectivity index (χ1v) is 5.64. The van der Waals surface area contributed by atoms with Gasteiger partial charge in [-0.05, 0) is 38.0 Å². The van der Waals surface area contributed by atoms with Crippen LogP contribution < -0.4 is 5.73 Å². The third-order valence-corrected chi connectivity index (χ3v) is 3.62. The number of hydrogen-bond acceptors (Lipinski definition) is 4. The molecule has 1 aliphatic carbocycles. The van der Waals surface area contributed by atoms with Gasteiger partial charge in [0.2, 0.25) is 0 Å². The van der Waals surface area contributed by atoms with Crippen LogP contribution in [0.15, 0.2) is 0 Å². The van der Waals surface area contributed by atoms with Gasteiger partial charge in [0.05, 0.1) is 6.61 Å². The molecule has 0 atom stereocenters. The molecule has 0 aromatic rings. The fourth-order valence-corrected chi connectivity index (χ4v) is 2.86. The van der Waals surface area contributed by atoms with Crippen molar-refractivity contribution in [3.8, 4) is 0 Å². The summed E-state index contributed by atoms with van der Waals surface area (Å²) >= 11 is 0. The summed E-state index contributed by atoms with van der Waals surface area (Å²) in [6.07, 6.45) is 3.60. The van der Waals surface area contributed by atoms with E-state index in [1.165, 1.54) is 0 Å². The Morgan fingerprint density at radius 1 is 1.40 bits per heavy atom. The van der Waals surface area contributed by atoms with Crippen molar-refractivity contribution in [1.29, 1.82) is 0 Å². The quantitative estimate of drug-likeness (QED) is 0.690. The first-order chi connectivity index (χ1) is 7.10. The Morgan fingerprint density at radius 2 is 2.00 bits per heavy atom. The number of hydrogen-bond donors (Lipinski definition) is 1. The topological polar surface area (TPSA) is 61.5 Å². The number of ether oxygens (including phenoxy) is 2. The standard InChI is InChI=1S/C11H19NO3/c1-2-15-9(13)11(12)7-10(8-11)3-5-14-6-4-10/h2-8,12H2,1H3. The van der Waals surface area contributed by atoms with Crippen molar-refractivity contribution in [1.82, 2.24) is 0 Å². The normalized spacial score (nSPS) is 27.1. The Hall–Kier alpha value is -0.610. The van der Waals surface area contributed by atoms with Crippen LogP contribution in [0.3, 0.4) is 0 Å².